The van der Waals surface area contributed by atoms with E-state index in [0.717, 1.165) is 12.8 Å². The van der Waals surface area contributed by atoms with Crippen LogP contribution in [0.3, 0.4) is 0 Å². The monoisotopic (exact) mass is 226 g/mol. The zero-order valence-electron chi connectivity index (χ0n) is 9.78. The van der Waals surface area contributed by atoms with Gasteiger partial charge in [0.25, 0.3) is 0 Å². The first-order valence-corrected chi connectivity index (χ1v) is 5.71. The van der Waals surface area contributed by atoms with Gasteiger partial charge in [0.2, 0.25) is 0 Å². The van der Waals surface area contributed by atoms with E-state index in [1.807, 2.05) is 13.8 Å². The number of aliphatic hydroxyl groups excluding tert-OH is 1. The molecule has 0 saturated heterocycles. The first-order chi connectivity index (χ1) is 7.69. The molecule has 2 N–H and O–H groups in total. The van der Waals surface area contributed by atoms with E-state index in [4.69, 9.17) is 0 Å². The fourth-order valence-corrected chi connectivity index (χ4v) is 1.72. The number of anilines is 1. The number of aromatic nitrogens is 1. The van der Waals surface area contributed by atoms with Gasteiger partial charge in [-0.15, -0.1) is 0 Å². The van der Waals surface area contributed by atoms with Crippen molar-refractivity contribution >= 4 is 5.82 Å². The van der Waals surface area contributed by atoms with Crippen molar-refractivity contribution in [3.63, 3.8) is 0 Å². The predicted molar refractivity (Wildman–Crippen MR) is 62.8 cm³/mol. The largest absolute Gasteiger partial charge is 0.391 e. The standard InChI is InChI=1S/C12H19FN2O/c1-3-9(4-2)11(16)8-15-12-10(13)6-5-7-14-12/h5-7,9,11,16H,3-4,8H2,1-2H3,(H,14,15). The molecule has 0 aromatic carbocycles. The Morgan fingerprint density at radius 3 is 2.69 bits per heavy atom. The fourth-order valence-electron chi connectivity index (χ4n) is 1.72. The summed E-state index contributed by atoms with van der Waals surface area (Å²) in [7, 11) is 0. The zero-order chi connectivity index (χ0) is 12.0. The van der Waals surface area contributed by atoms with Gasteiger partial charge in [-0.2, -0.15) is 0 Å². The summed E-state index contributed by atoms with van der Waals surface area (Å²) in [4.78, 5) is 3.86. The number of rotatable bonds is 6. The van der Waals surface area contributed by atoms with Crippen LogP contribution in [0.25, 0.3) is 0 Å². The summed E-state index contributed by atoms with van der Waals surface area (Å²) in [5, 5.41) is 12.7. The van der Waals surface area contributed by atoms with Crippen molar-refractivity contribution in [1.82, 2.24) is 4.98 Å². The Hall–Kier alpha value is -1.16. The van der Waals surface area contributed by atoms with Gasteiger partial charge in [0, 0.05) is 12.7 Å². The number of halogens is 1. The molecule has 3 nitrogen and oxygen atoms in total. The van der Waals surface area contributed by atoms with E-state index in [9.17, 15) is 9.50 Å². The highest BCUT2D eigenvalue weighted by Gasteiger charge is 2.15. The van der Waals surface area contributed by atoms with Crippen LogP contribution in [0.5, 0.6) is 0 Å². The maximum Gasteiger partial charge on any atom is 0.165 e. The maximum absolute atomic E-state index is 13.2. The van der Waals surface area contributed by atoms with Crippen LogP contribution in [0.4, 0.5) is 10.2 Å². The van der Waals surface area contributed by atoms with Gasteiger partial charge in [0.05, 0.1) is 6.10 Å². The van der Waals surface area contributed by atoms with E-state index >= 15 is 0 Å². The van der Waals surface area contributed by atoms with Crippen molar-refractivity contribution in [2.24, 2.45) is 5.92 Å². The highest BCUT2D eigenvalue weighted by atomic mass is 19.1. The molecule has 16 heavy (non-hydrogen) atoms. The number of hydrogen-bond acceptors (Lipinski definition) is 3. The van der Waals surface area contributed by atoms with Crippen molar-refractivity contribution in [2.45, 2.75) is 32.8 Å². The van der Waals surface area contributed by atoms with Gasteiger partial charge in [-0.25, -0.2) is 9.37 Å². The van der Waals surface area contributed by atoms with Crippen LogP contribution in [0.2, 0.25) is 0 Å². The van der Waals surface area contributed by atoms with Crippen LogP contribution in [-0.4, -0.2) is 22.7 Å². The van der Waals surface area contributed by atoms with Crippen LogP contribution in [0.15, 0.2) is 18.3 Å². The molecule has 0 aliphatic rings. The molecule has 1 atom stereocenters. The normalized spacial score (nSPS) is 12.8. The Kier molecular flexibility index (Phi) is 5.19. The molecule has 90 valence electrons. The Labute approximate surface area is 95.7 Å². The molecule has 0 fully saturated rings. The van der Waals surface area contributed by atoms with Gasteiger partial charge < -0.3 is 10.4 Å². The smallest absolute Gasteiger partial charge is 0.165 e. The van der Waals surface area contributed by atoms with Crippen LogP contribution < -0.4 is 5.32 Å². The second-order valence-electron chi connectivity index (χ2n) is 3.86. The van der Waals surface area contributed by atoms with Crippen LogP contribution >= 0.6 is 0 Å². The molecule has 0 radical (unpaired) electrons. The van der Waals surface area contributed by atoms with Crippen LogP contribution in [0, 0.1) is 11.7 Å². The van der Waals surface area contributed by atoms with Gasteiger partial charge in [-0.05, 0) is 18.1 Å². The molecule has 1 unspecified atom stereocenters. The van der Waals surface area contributed by atoms with E-state index < -0.39 is 6.10 Å². The van der Waals surface area contributed by atoms with E-state index in [1.165, 1.54) is 18.3 Å². The fraction of sp³-hybridized carbons (Fsp3) is 0.583. The molecule has 1 aromatic rings. The molecular formula is C12H19FN2O. The van der Waals surface area contributed by atoms with Crippen LogP contribution in [-0.2, 0) is 0 Å². The topological polar surface area (TPSA) is 45.1 Å². The summed E-state index contributed by atoms with van der Waals surface area (Å²) in [6, 6.07) is 2.89. The molecule has 0 aliphatic carbocycles. The Morgan fingerprint density at radius 1 is 1.44 bits per heavy atom. The summed E-state index contributed by atoms with van der Waals surface area (Å²) in [5.74, 6) is 0.0611. The number of nitrogens with zero attached hydrogens (tertiary/aromatic N) is 1. The minimum absolute atomic E-state index is 0.201. The van der Waals surface area contributed by atoms with E-state index in [-0.39, 0.29) is 17.6 Å². The molecule has 1 heterocycles. The number of nitrogens with one attached hydrogen (secondary N) is 1. The lowest BCUT2D eigenvalue weighted by atomic mass is 9.96. The second-order valence-corrected chi connectivity index (χ2v) is 3.86. The molecular weight excluding hydrogens is 207 g/mol. The summed E-state index contributed by atoms with van der Waals surface area (Å²) < 4.78 is 13.2. The molecule has 0 aliphatic heterocycles. The minimum Gasteiger partial charge on any atom is -0.391 e. The van der Waals surface area contributed by atoms with Crippen molar-refractivity contribution in [3.8, 4) is 0 Å². The van der Waals surface area contributed by atoms with Gasteiger partial charge in [-0.3, -0.25) is 0 Å². The van der Waals surface area contributed by atoms with Gasteiger partial charge in [0.1, 0.15) is 0 Å². The average Bonchev–Trinajstić information content (AvgIpc) is 2.29. The van der Waals surface area contributed by atoms with Crippen LogP contribution in [0.1, 0.15) is 26.7 Å². The second kappa shape index (κ2) is 6.43. The molecule has 1 rings (SSSR count). The van der Waals surface area contributed by atoms with Crippen molar-refractivity contribution in [1.29, 1.82) is 0 Å². The van der Waals surface area contributed by atoms with E-state index in [1.54, 1.807) is 0 Å². The average molecular weight is 226 g/mol. The predicted octanol–water partition coefficient (Wildman–Crippen LogP) is 2.43. The first-order valence-electron chi connectivity index (χ1n) is 5.71. The van der Waals surface area contributed by atoms with Crippen molar-refractivity contribution in [3.05, 3.63) is 24.1 Å². The van der Waals surface area contributed by atoms with Crippen molar-refractivity contribution in [2.75, 3.05) is 11.9 Å². The third-order valence-corrected chi connectivity index (χ3v) is 2.83. The minimum atomic E-state index is -0.462. The summed E-state index contributed by atoms with van der Waals surface area (Å²) in [6.45, 7) is 4.41. The highest BCUT2D eigenvalue weighted by molar-refractivity contribution is 5.35. The Morgan fingerprint density at radius 2 is 2.12 bits per heavy atom. The third-order valence-electron chi connectivity index (χ3n) is 2.83. The number of pyridine rings is 1. The lowest BCUT2D eigenvalue weighted by molar-refractivity contribution is 0.114. The zero-order valence-corrected chi connectivity index (χ0v) is 9.78. The Balaban J connectivity index is 2.48. The van der Waals surface area contributed by atoms with Gasteiger partial charge in [0.15, 0.2) is 11.6 Å². The molecule has 0 bridgehead atoms. The Bertz CT molecular complexity index is 316. The quantitative estimate of drug-likeness (QED) is 0.783. The summed E-state index contributed by atoms with van der Waals surface area (Å²) in [6.07, 6.45) is 2.90. The van der Waals surface area contributed by atoms with Crippen molar-refractivity contribution < 1.29 is 9.50 Å². The number of hydrogen-bond donors (Lipinski definition) is 2. The van der Waals surface area contributed by atoms with Gasteiger partial charge in [-0.1, -0.05) is 26.7 Å². The summed E-state index contributed by atoms with van der Waals surface area (Å²) >= 11 is 0. The molecule has 0 spiro atoms. The summed E-state index contributed by atoms with van der Waals surface area (Å²) in [5.41, 5.74) is 0. The van der Waals surface area contributed by atoms with E-state index in [0.29, 0.717) is 6.54 Å². The first kappa shape index (κ1) is 12.9. The lowest BCUT2D eigenvalue weighted by Gasteiger charge is -2.20. The molecule has 0 saturated carbocycles. The van der Waals surface area contributed by atoms with Gasteiger partial charge >= 0.3 is 0 Å². The molecule has 0 amide bonds. The molecule has 1 aromatic heterocycles. The van der Waals surface area contributed by atoms with E-state index in [2.05, 4.69) is 10.3 Å². The highest BCUT2D eigenvalue weighted by Crippen LogP contribution is 2.14. The lowest BCUT2D eigenvalue weighted by Crippen LogP contribution is -2.28. The number of aliphatic hydroxyl groups is 1. The SMILES string of the molecule is CCC(CC)C(O)CNc1ncccc1F. The maximum atomic E-state index is 13.2. The third kappa shape index (κ3) is 3.45. The molecule has 4 heteroatoms.